The van der Waals surface area contributed by atoms with Gasteiger partial charge >= 0.3 is 11.0 Å². The number of nitrogens with zero attached hydrogens (tertiary/aromatic N) is 2. The third-order valence-corrected chi connectivity index (χ3v) is 2.26. The van der Waals surface area contributed by atoms with Crippen LogP contribution >= 0.6 is 11.3 Å². The molecular weight excluding hydrogens is 210 g/mol. The van der Waals surface area contributed by atoms with Crippen LogP contribution in [0.4, 0.5) is 10.1 Å². The highest BCUT2D eigenvalue weighted by Crippen LogP contribution is 2.25. The van der Waals surface area contributed by atoms with E-state index in [1.54, 1.807) is 0 Å². The molecule has 0 bridgehead atoms. The topological polar surface area (TPSA) is 105 Å². The summed E-state index contributed by atoms with van der Waals surface area (Å²) in [5.74, 6) is -1.04. The molecule has 1 rings (SSSR count). The van der Waals surface area contributed by atoms with Gasteiger partial charge in [0.2, 0.25) is 0 Å². The van der Waals surface area contributed by atoms with Crippen molar-refractivity contribution in [3.8, 4) is 0 Å². The third-order valence-electron chi connectivity index (χ3n) is 1.38. The van der Waals surface area contributed by atoms with E-state index in [1.165, 1.54) is 6.92 Å². The van der Waals surface area contributed by atoms with Gasteiger partial charge in [-0.1, -0.05) is 0 Å². The first kappa shape index (κ1) is 10.4. The predicted molar refractivity (Wildman–Crippen MR) is 49.5 cm³/mol. The number of aliphatic carboxylic acids is 1. The number of anilines is 1. The SMILES string of the molecule is C[C@H](Nc1ncc([N+](=O)[O-])s1)C(=O)O. The minimum absolute atomic E-state index is 0.120. The summed E-state index contributed by atoms with van der Waals surface area (Å²) in [7, 11) is 0. The molecule has 0 unspecified atom stereocenters. The van der Waals surface area contributed by atoms with Crippen molar-refractivity contribution >= 4 is 27.4 Å². The largest absolute Gasteiger partial charge is 0.480 e. The molecule has 7 nitrogen and oxygen atoms in total. The second-order valence-electron chi connectivity index (χ2n) is 2.47. The van der Waals surface area contributed by atoms with Crippen molar-refractivity contribution in [1.82, 2.24) is 4.98 Å². The average molecular weight is 217 g/mol. The average Bonchev–Trinajstić information content (AvgIpc) is 2.52. The fourth-order valence-corrected chi connectivity index (χ4v) is 1.38. The molecule has 0 saturated carbocycles. The zero-order valence-electron chi connectivity index (χ0n) is 7.13. The Hall–Kier alpha value is -1.70. The van der Waals surface area contributed by atoms with Crippen LogP contribution in [0.15, 0.2) is 6.20 Å². The van der Waals surface area contributed by atoms with Crippen molar-refractivity contribution in [2.75, 3.05) is 5.32 Å². The summed E-state index contributed by atoms with van der Waals surface area (Å²) in [5, 5.41) is 21.4. The van der Waals surface area contributed by atoms with Crippen molar-refractivity contribution in [2.45, 2.75) is 13.0 Å². The first-order valence-electron chi connectivity index (χ1n) is 3.60. The maximum Gasteiger partial charge on any atom is 0.345 e. The second-order valence-corrected chi connectivity index (χ2v) is 3.47. The lowest BCUT2D eigenvalue weighted by Gasteiger charge is -2.05. The maximum atomic E-state index is 10.4. The molecule has 0 fully saturated rings. The summed E-state index contributed by atoms with van der Waals surface area (Å²) >= 11 is 0.802. The van der Waals surface area contributed by atoms with E-state index >= 15 is 0 Å². The second kappa shape index (κ2) is 4.01. The Labute approximate surface area is 82.5 Å². The minimum Gasteiger partial charge on any atom is -0.480 e. The Morgan fingerprint density at radius 2 is 2.50 bits per heavy atom. The van der Waals surface area contributed by atoms with E-state index < -0.39 is 16.9 Å². The molecule has 1 heterocycles. The van der Waals surface area contributed by atoms with E-state index in [4.69, 9.17) is 5.11 Å². The standard InChI is InChI=1S/C6H7N3O4S/c1-3(5(10)11)8-6-7-2-4(14-6)9(12)13/h2-3H,1H3,(H,7,8)(H,10,11)/t3-/m0/s1. The van der Waals surface area contributed by atoms with Gasteiger partial charge in [0.25, 0.3) is 0 Å². The van der Waals surface area contributed by atoms with Gasteiger partial charge in [0, 0.05) is 0 Å². The lowest BCUT2D eigenvalue weighted by Crippen LogP contribution is -2.25. The summed E-state index contributed by atoms with van der Waals surface area (Å²) in [6, 6.07) is -0.819. The monoisotopic (exact) mass is 217 g/mol. The molecule has 0 aliphatic heterocycles. The lowest BCUT2D eigenvalue weighted by molar-refractivity contribution is -0.380. The molecule has 1 atom stereocenters. The van der Waals surface area contributed by atoms with Gasteiger partial charge in [-0.25, -0.2) is 4.98 Å². The highest BCUT2D eigenvalue weighted by Gasteiger charge is 2.15. The van der Waals surface area contributed by atoms with E-state index in [1.807, 2.05) is 0 Å². The van der Waals surface area contributed by atoms with E-state index in [2.05, 4.69) is 10.3 Å². The number of hydrogen-bond acceptors (Lipinski definition) is 6. The molecule has 14 heavy (non-hydrogen) atoms. The first-order valence-corrected chi connectivity index (χ1v) is 4.42. The zero-order valence-corrected chi connectivity index (χ0v) is 7.95. The Morgan fingerprint density at radius 3 is 2.93 bits per heavy atom. The van der Waals surface area contributed by atoms with Gasteiger partial charge in [0.15, 0.2) is 5.13 Å². The van der Waals surface area contributed by atoms with Gasteiger partial charge in [-0.2, -0.15) is 0 Å². The van der Waals surface area contributed by atoms with Crippen LogP contribution in [-0.2, 0) is 4.79 Å². The van der Waals surface area contributed by atoms with Crippen LogP contribution in [0.1, 0.15) is 6.92 Å². The molecule has 1 aromatic rings. The van der Waals surface area contributed by atoms with Crippen LogP contribution in [-0.4, -0.2) is 27.0 Å². The Bertz CT molecular complexity index is 364. The maximum absolute atomic E-state index is 10.4. The van der Waals surface area contributed by atoms with Gasteiger partial charge < -0.3 is 10.4 Å². The number of nitrogens with one attached hydrogen (secondary N) is 1. The number of thiazole rings is 1. The molecule has 1 aromatic heterocycles. The van der Waals surface area contributed by atoms with Crippen molar-refractivity contribution in [3.63, 3.8) is 0 Å². The highest BCUT2D eigenvalue weighted by molar-refractivity contribution is 7.18. The number of carbonyl (C=O) groups is 1. The van der Waals surface area contributed by atoms with E-state index in [9.17, 15) is 14.9 Å². The smallest absolute Gasteiger partial charge is 0.345 e. The van der Waals surface area contributed by atoms with Crippen molar-refractivity contribution < 1.29 is 14.8 Å². The fourth-order valence-electron chi connectivity index (χ4n) is 0.664. The number of carboxylic acid groups (broad SMARTS) is 1. The summed E-state index contributed by atoms with van der Waals surface area (Å²) in [5.41, 5.74) is 0. The molecule has 0 aromatic carbocycles. The van der Waals surface area contributed by atoms with E-state index in [-0.39, 0.29) is 10.1 Å². The number of nitro groups is 1. The Kier molecular flexibility index (Phi) is 2.97. The van der Waals surface area contributed by atoms with E-state index in [0.29, 0.717) is 0 Å². The van der Waals surface area contributed by atoms with Gasteiger partial charge in [-0.3, -0.25) is 14.9 Å². The number of carboxylic acids is 1. The molecule has 0 aliphatic rings. The summed E-state index contributed by atoms with van der Waals surface area (Å²) in [6.07, 6.45) is 1.08. The molecule has 8 heteroatoms. The normalized spacial score (nSPS) is 12.1. The third kappa shape index (κ3) is 2.39. The number of rotatable bonds is 4. The fraction of sp³-hybridized carbons (Fsp3) is 0.333. The van der Waals surface area contributed by atoms with Crippen LogP contribution < -0.4 is 5.32 Å². The predicted octanol–water partition coefficient (Wildman–Crippen LogP) is 0.936. The van der Waals surface area contributed by atoms with Crippen LogP contribution in [0.3, 0.4) is 0 Å². The first-order chi connectivity index (χ1) is 6.50. The van der Waals surface area contributed by atoms with E-state index in [0.717, 1.165) is 17.5 Å². The van der Waals surface area contributed by atoms with Crippen LogP contribution in [0.5, 0.6) is 0 Å². The minimum atomic E-state index is -1.04. The summed E-state index contributed by atoms with van der Waals surface area (Å²) < 4.78 is 0. The van der Waals surface area contributed by atoms with Gasteiger partial charge in [0.1, 0.15) is 12.2 Å². The number of aromatic nitrogens is 1. The molecule has 0 spiro atoms. The molecule has 2 N–H and O–H groups in total. The van der Waals surface area contributed by atoms with Gasteiger partial charge in [-0.05, 0) is 18.3 Å². The molecule has 0 aliphatic carbocycles. The Morgan fingerprint density at radius 1 is 1.86 bits per heavy atom. The molecule has 0 amide bonds. The van der Waals surface area contributed by atoms with Crippen LogP contribution in [0, 0.1) is 10.1 Å². The lowest BCUT2D eigenvalue weighted by atomic mass is 10.4. The molecule has 0 radical (unpaired) electrons. The van der Waals surface area contributed by atoms with Gasteiger partial charge in [0.05, 0.1) is 4.92 Å². The van der Waals surface area contributed by atoms with Crippen molar-refractivity contribution in [1.29, 1.82) is 0 Å². The molecule has 76 valence electrons. The Balaban J connectivity index is 2.69. The zero-order chi connectivity index (χ0) is 10.7. The molecule has 0 saturated heterocycles. The summed E-state index contributed by atoms with van der Waals surface area (Å²) in [6.45, 7) is 1.43. The highest BCUT2D eigenvalue weighted by atomic mass is 32.1. The molecular formula is C6H7N3O4S. The number of hydrogen-bond donors (Lipinski definition) is 2. The van der Waals surface area contributed by atoms with Crippen LogP contribution in [0.25, 0.3) is 0 Å². The van der Waals surface area contributed by atoms with Gasteiger partial charge in [-0.15, -0.1) is 0 Å². The summed E-state index contributed by atoms with van der Waals surface area (Å²) in [4.78, 5) is 23.8. The quantitative estimate of drug-likeness (QED) is 0.574. The van der Waals surface area contributed by atoms with Crippen molar-refractivity contribution in [2.24, 2.45) is 0 Å². The van der Waals surface area contributed by atoms with Crippen LogP contribution in [0.2, 0.25) is 0 Å². The van der Waals surface area contributed by atoms with Crippen molar-refractivity contribution in [3.05, 3.63) is 16.3 Å².